The molecule has 0 unspecified atom stereocenters. The van der Waals surface area contributed by atoms with Crippen LogP contribution in [-0.4, -0.2) is 38.2 Å². The number of carbonyl (C=O) groups excluding carboxylic acids is 1. The molecule has 1 aliphatic heterocycles. The van der Waals surface area contributed by atoms with E-state index in [0.717, 1.165) is 5.56 Å². The van der Waals surface area contributed by atoms with E-state index in [4.69, 9.17) is 4.74 Å². The molecule has 0 fully saturated rings. The number of hydrogen-bond acceptors (Lipinski definition) is 5. The van der Waals surface area contributed by atoms with Crippen LogP contribution in [0.3, 0.4) is 0 Å². The molecule has 1 amide bonds. The summed E-state index contributed by atoms with van der Waals surface area (Å²) in [7, 11) is 0. The molecule has 0 atom stereocenters. The van der Waals surface area contributed by atoms with Crippen LogP contribution in [0.5, 0.6) is 5.88 Å². The van der Waals surface area contributed by atoms with Crippen LogP contribution in [0.15, 0.2) is 6.33 Å². The maximum Gasteiger partial charge on any atom is 0.410 e. The molecule has 0 bridgehead atoms. The summed E-state index contributed by atoms with van der Waals surface area (Å²) in [5, 5.41) is 9.58. The molecule has 6 nitrogen and oxygen atoms in total. The Balaban J connectivity index is 2.11. The van der Waals surface area contributed by atoms with Gasteiger partial charge in [0, 0.05) is 12.1 Å². The summed E-state index contributed by atoms with van der Waals surface area (Å²) in [4.78, 5) is 21.3. The van der Waals surface area contributed by atoms with E-state index in [2.05, 4.69) is 9.97 Å². The van der Waals surface area contributed by atoms with Gasteiger partial charge in [0.15, 0.2) is 0 Å². The van der Waals surface area contributed by atoms with E-state index in [0.29, 0.717) is 25.2 Å². The minimum atomic E-state index is -0.509. The average molecular weight is 251 g/mol. The lowest BCUT2D eigenvalue weighted by Gasteiger charge is -2.30. The zero-order chi connectivity index (χ0) is 13.3. The van der Waals surface area contributed by atoms with Crippen molar-refractivity contribution in [1.29, 1.82) is 0 Å². The van der Waals surface area contributed by atoms with Crippen molar-refractivity contribution >= 4 is 6.09 Å². The fourth-order valence-corrected chi connectivity index (χ4v) is 1.82. The van der Waals surface area contributed by atoms with Gasteiger partial charge in [0.25, 0.3) is 0 Å². The van der Waals surface area contributed by atoms with Crippen LogP contribution in [0.2, 0.25) is 0 Å². The van der Waals surface area contributed by atoms with Gasteiger partial charge in [-0.25, -0.2) is 14.8 Å². The number of rotatable bonds is 0. The first-order chi connectivity index (χ1) is 8.37. The standard InChI is InChI=1S/C12H17N3O3/c1-12(2,3)18-11(17)15-5-4-8-9(6-15)13-7-14-10(8)16/h7H,4-6H2,1-3H3,(H,13,14,16). The zero-order valence-corrected chi connectivity index (χ0v) is 10.8. The molecule has 0 spiro atoms. The van der Waals surface area contributed by atoms with E-state index in [1.165, 1.54) is 6.33 Å². The molecule has 1 aromatic rings. The highest BCUT2D eigenvalue weighted by molar-refractivity contribution is 5.68. The first kappa shape index (κ1) is 12.6. The molecule has 2 rings (SSSR count). The van der Waals surface area contributed by atoms with E-state index < -0.39 is 5.60 Å². The number of carbonyl (C=O) groups is 1. The largest absolute Gasteiger partial charge is 0.493 e. The molecule has 18 heavy (non-hydrogen) atoms. The Hall–Kier alpha value is -1.85. The predicted octanol–water partition coefficient (Wildman–Crippen LogP) is 1.48. The lowest BCUT2D eigenvalue weighted by atomic mass is 10.1. The van der Waals surface area contributed by atoms with Gasteiger partial charge in [-0.15, -0.1) is 0 Å². The van der Waals surface area contributed by atoms with E-state index >= 15 is 0 Å². The number of aromatic hydroxyl groups is 1. The molecule has 0 aromatic carbocycles. The van der Waals surface area contributed by atoms with Gasteiger partial charge < -0.3 is 14.7 Å². The Kier molecular flexibility index (Phi) is 3.11. The van der Waals surface area contributed by atoms with Crippen molar-refractivity contribution in [3.63, 3.8) is 0 Å². The van der Waals surface area contributed by atoms with Gasteiger partial charge in [-0.3, -0.25) is 0 Å². The highest BCUT2D eigenvalue weighted by Crippen LogP contribution is 2.24. The van der Waals surface area contributed by atoms with Gasteiger partial charge in [0.05, 0.1) is 12.2 Å². The monoisotopic (exact) mass is 251 g/mol. The lowest BCUT2D eigenvalue weighted by molar-refractivity contribution is 0.0219. The number of hydrogen-bond donors (Lipinski definition) is 1. The van der Waals surface area contributed by atoms with Crippen LogP contribution < -0.4 is 0 Å². The number of fused-ring (bicyclic) bond motifs is 1. The van der Waals surface area contributed by atoms with E-state index in [9.17, 15) is 9.90 Å². The van der Waals surface area contributed by atoms with Crippen molar-refractivity contribution < 1.29 is 14.6 Å². The predicted molar refractivity (Wildman–Crippen MR) is 64.0 cm³/mol. The SMILES string of the molecule is CC(C)(C)OC(=O)N1CCc2c(O)ncnc2C1. The molecule has 6 heteroatoms. The first-order valence-electron chi connectivity index (χ1n) is 5.86. The zero-order valence-electron chi connectivity index (χ0n) is 10.8. The maximum absolute atomic E-state index is 11.9. The molecule has 0 radical (unpaired) electrons. The summed E-state index contributed by atoms with van der Waals surface area (Å²) in [5.74, 6) is 0.00355. The van der Waals surface area contributed by atoms with Crippen molar-refractivity contribution in [3.8, 4) is 5.88 Å². The summed E-state index contributed by atoms with van der Waals surface area (Å²) in [6, 6.07) is 0. The van der Waals surface area contributed by atoms with Crippen molar-refractivity contribution in [2.24, 2.45) is 0 Å². The van der Waals surface area contributed by atoms with Gasteiger partial charge in [-0.1, -0.05) is 0 Å². The quantitative estimate of drug-likeness (QED) is 0.755. The normalized spacial score (nSPS) is 15.2. The van der Waals surface area contributed by atoms with Gasteiger partial charge in [0.2, 0.25) is 5.88 Å². The molecule has 0 saturated carbocycles. The van der Waals surface area contributed by atoms with Crippen molar-refractivity contribution in [1.82, 2.24) is 14.9 Å². The highest BCUT2D eigenvalue weighted by atomic mass is 16.6. The van der Waals surface area contributed by atoms with E-state index in [1.54, 1.807) is 4.90 Å². The topological polar surface area (TPSA) is 75.5 Å². The van der Waals surface area contributed by atoms with Crippen LogP contribution in [0, 0.1) is 0 Å². The number of ether oxygens (including phenoxy) is 1. The van der Waals surface area contributed by atoms with Crippen LogP contribution >= 0.6 is 0 Å². The summed E-state index contributed by atoms with van der Waals surface area (Å²) < 4.78 is 5.30. The minimum Gasteiger partial charge on any atom is -0.493 e. The second-order valence-corrected chi connectivity index (χ2v) is 5.27. The summed E-state index contributed by atoms with van der Waals surface area (Å²) in [5.41, 5.74) is 0.891. The molecule has 2 heterocycles. The fourth-order valence-electron chi connectivity index (χ4n) is 1.82. The Morgan fingerprint density at radius 2 is 2.17 bits per heavy atom. The Morgan fingerprint density at radius 3 is 2.83 bits per heavy atom. The first-order valence-corrected chi connectivity index (χ1v) is 5.86. The Morgan fingerprint density at radius 1 is 1.44 bits per heavy atom. The van der Waals surface area contributed by atoms with Crippen LogP contribution in [0.25, 0.3) is 0 Å². The molecule has 98 valence electrons. The van der Waals surface area contributed by atoms with Crippen LogP contribution in [-0.2, 0) is 17.7 Å². The smallest absolute Gasteiger partial charge is 0.410 e. The van der Waals surface area contributed by atoms with Crippen molar-refractivity contribution in [2.45, 2.75) is 39.3 Å². The number of nitrogens with zero attached hydrogens (tertiary/aromatic N) is 3. The highest BCUT2D eigenvalue weighted by Gasteiger charge is 2.27. The van der Waals surface area contributed by atoms with Crippen molar-refractivity contribution in [3.05, 3.63) is 17.6 Å². The lowest BCUT2D eigenvalue weighted by Crippen LogP contribution is -2.40. The Labute approximate surface area is 106 Å². The van der Waals surface area contributed by atoms with Crippen LogP contribution in [0.1, 0.15) is 32.0 Å². The number of amides is 1. The van der Waals surface area contributed by atoms with E-state index in [-0.39, 0.29) is 12.0 Å². The molecule has 1 aliphatic rings. The third-order valence-electron chi connectivity index (χ3n) is 2.64. The Bertz CT molecular complexity index is 468. The molecule has 1 N–H and O–H groups in total. The van der Waals surface area contributed by atoms with Gasteiger partial charge >= 0.3 is 6.09 Å². The second-order valence-electron chi connectivity index (χ2n) is 5.27. The minimum absolute atomic E-state index is 0.00355. The van der Waals surface area contributed by atoms with Gasteiger partial charge in [-0.2, -0.15) is 0 Å². The third kappa shape index (κ3) is 2.69. The summed E-state index contributed by atoms with van der Waals surface area (Å²) in [6.07, 6.45) is 1.49. The van der Waals surface area contributed by atoms with Gasteiger partial charge in [-0.05, 0) is 27.2 Å². The molecule has 0 saturated heterocycles. The molecule has 0 aliphatic carbocycles. The van der Waals surface area contributed by atoms with E-state index in [1.807, 2.05) is 20.8 Å². The summed E-state index contributed by atoms with van der Waals surface area (Å²) >= 11 is 0. The van der Waals surface area contributed by atoms with Crippen molar-refractivity contribution in [2.75, 3.05) is 6.54 Å². The molecular formula is C12H17N3O3. The third-order valence-corrected chi connectivity index (χ3v) is 2.64. The van der Waals surface area contributed by atoms with Crippen LogP contribution in [0.4, 0.5) is 4.79 Å². The molecular weight excluding hydrogens is 234 g/mol. The second kappa shape index (κ2) is 4.44. The number of aromatic nitrogens is 2. The molecule has 1 aromatic heterocycles. The average Bonchev–Trinajstić information content (AvgIpc) is 2.26. The van der Waals surface area contributed by atoms with Gasteiger partial charge in [0.1, 0.15) is 11.9 Å². The fraction of sp³-hybridized carbons (Fsp3) is 0.583. The summed E-state index contributed by atoms with van der Waals surface area (Å²) in [6.45, 7) is 6.34. The maximum atomic E-state index is 11.9.